The molecular weight excluding hydrogens is 320 g/mol. The first-order valence-corrected chi connectivity index (χ1v) is 9.38. The van der Waals surface area contributed by atoms with Crippen molar-refractivity contribution in [2.45, 2.75) is 24.7 Å². The number of hydrogen-bond acceptors (Lipinski definition) is 5. The highest BCUT2D eigenvalue weighted by molar-refractivity contribution is 7.98. The van der Waals surface area contributed by atoms with E-state index >= 15 is 0 Å². The molecule has 0 bridgehead atoms. The van der Waals surface area contributed by atoms with Crippen molar-refractivity contribution >= 4 is 29.2 Å². The van der Waals surface area contributed by atoms with Crippen LogP contribution in [0.25, 0.3) is 0 Å². The molecule has 2 aromatic rings. The summed E-state index contributed by atoms with van der Waals surface area (Å²) in [6.07, 6.45) is 3.72. The van der Waals surface area contributed by atoms with E-state index in [2.05, 4.69) is 20.4 Å². The first-order chi connectivity index (χ1) is 11.7. The van der Waals surface area contributed by atoms with Crippen molar-refractivity contribution in [3.05, 3.63) is 42.1 Å². The maximum atomic E-state index is 12.4. The third-order valence-electron chi connectivity index (χ3n) is 4.33. The number of aryl methyl sites for hydroxylation is 1. The molecule has 1 saturated heterocycles. The molecule has 1 aliphatic rings. The molecule has 0 unspecified atom stereocenters. The fraction of sp³-hybridized carbons (Fsp3) is 0.389. The monoisotopic (exact) mass is 342 g/mol. The number of amides is 1. The maximum Gasteiger partial charge on any atom is 0.227 e. The molecule has 24 heavy (non-hydrogen) atoms. The van der Waals surface area contributed by atoms with Crippen molar-refractivity contribution in [3.63, 3.8) is 0 Å². The quantitative estimate of drug-likeness (QED) is 0.864. The summed E-state index contributed by atoms with van der Waals surface area (Å²) in [5, 5.41) is 11.4. The van der Waals surface area contributed by atoms with E-state index in [1.807, 2.05) is 49.6 Å². The van der Waals surface area contributed by atoms with Crippen LogP contribution in [0, 0.1) is 12.8 Å². The summed E-state index contributed by atoms with van der Waals surface area (Å²) < 4.78 is 0. The minimum atomic E-state index is 0.0554. The lowest BCUT2D eigenvalue weighted by molar-refractivity contribution is -0.120. The van der Waals surface area contributed by atoms with Gasteiger partial charge in [0, 0.05) is 29.6 Å². The van der Waals surface area contributed by atoms with Crippen LogP contribution in [0.1, 0.15) is 18.5 Å². The zero-order valence-corrected chi connectivity index (χ0v) is 14.8. The Morgan fingerprint density at radius 3 is 2.42 bits per heavy atom. The number of nitrogens with one attached hydrogen (secondary N) is 1. The van der Waals surface area contributed by atoms with Gasteiger partial charge in [0.05, 0.1) is 5.69 Å². The number of aromatic nitrogens is 2. The van der Waals surface area contributed by atoms with Gasteiger partial charge in [-0.15, -0.1) is 16.9 Å². The van der Waals surface area contributed by atoms with Crippen molar-refractivity contribution in [1.29, 1.82) is 0 Å². The van der Waals surface area contributed by atoms with Crippen LogP contribution in [0.15, 0.2) is 41.3 Å². The van der Waals surface area contributed by atoms with Crippen molar-refractivity contribution in [2.24, 2.45) is 5.92 Å². The van der Waals surface area contributed by atoms with Crippen LogP contribution in [-0.4, -0.2) is 35.4 Å². The van der Waals surface area contributed by atoms with Gasteiger partial charge in [0.1, 0.15) is 0 Å². The Bertz CT molecular complexity index is 679. The zero-order chi connectivity index (χ0) is 16.9. The summed E-state index contributed by atoms with van der Waals surface area (Å²) in [5.41, 5.74) is 1.78. The summed E-state index contributed by atoms with van der Waals surface area (Å²) in [6.45, 7) is 3.60. The van der Waals surface area contributed by atoms with Gasteiger partial charge in [-0.25, -0.2) is 0 Å². The fourth-order valence-corrected chi connectivity index (χ4v) is 3.26. The van der Waals surface area contributed by atoms with Gasteiger partial charge in [0.15, 0.2) is 5.82 Å². The van der Waals surface area contributed by atoms with E-state index in [9.17, 15) is 4.79 Å². The lowest BCUT2D eigenvalue weighted by Gasteiger charge is -2.31. The molecule has 3 rings (SSSR count). The van der Waals surface area contributed by atoms with Gasteiger partial charge in [-0.05, 0) is 62.4 Å². The van der Waals surface area contributed by atoms with E-state index in [4.69, 9.17) is 0 Å². The molecule has 6 heteroatoms. The van der Waals surface area contributed by atoms with E-state index < -0.39 is 0 Å². The average Bonchev–Trinajstić information content (AvgIpc) is 2.63. The largest absolute Gasteiger partial charge is 0.355 e. The molecule has 1 amide bonds. The summed E-state index contributed by atoms with van der Waals surface area (Å²) in [5.74, 6) is 1.06. The Morgan fingerprint density at radius 2 is 1.83 bits per heavy atom. The van der Waals surface area contributed by atoms with Crippen molar-refractivity contribution in [3.8, 4) is 0 Å². The highest BCUT2D eigenvalue weighted by atomic mass is 32.2. The Hall–Kier alpha value is -2.08. The summed E-state index contributed by atoms with van der Waals surface area (Å²) in [4.78, 5) is 15.8. The molecule has 1 N–H and O–H groups in total. The lowest BCUT2D eigenvalue weighted by Crippen LogP contribution is -2.38. The van der Waals surface area contributed by atoms with Crippen molar-refractivity contribution in [2.75, 3.05) is 29.6 Å². The minimum absolute atomic E-state index is 0.0554. The molecule has 1 aromatic heterocycles. The van der Waals surface area contributed by atoms with Gasteiger partial charge in [-0.3, -0.25) is 4.79 Å². The fourth-order valence-electron chi connectivity index (χ4n) is 2.85. The van der Waals surface area contributed by atoms with E-state index in [-0.39, 0.29) is 11.8 Å². The van der Waals surface area contributed by atoms with Gasteiger partial charge in [0.25, 0.3) is 0 Å². The average molecular weight is 342 g/mol. The second-order valence-corrected chi connectivity index (χ2v) is 6.89. The Morgan fingerprint density at radius 1 is 1.12 bits per heavy atom. The van der Waals surface area contributed by atoms with Crippen LogP contribution >= 0.6 is 11.8 Å². The van der Waals surface area contributed by atoms with Crippen LogP contribution in [0.4, 0.5) is 11.5 Å². The first-order valence-electron chi connectivity index (χ1n) is 8.16. The maximum absolute atomic E-state index is 12.4. The second kappa shape index (κ2) is 7.66. The van der Waals surface area contributed by atoms with E-state index in [1.54, 1.807) is 11.8 Å². The van der Waals surface area contributed by atoms with Crippen LogP contribution < -0.4 is 10.2 Å². The van der Waals surface area contributed by atoms with Gasteiger partial charge in [0.2, 0.25) is 5.91 Å². The summed E-state index contributed by atoms with van der Waals surface area (Å²) >= 11 is 1.69. The number of carbonyl (C=O) groups excluding carboxylic acids is 1. The highest BCUT2D eigenvalue weighted by Gasteiger charge is 2.25. The number of piperidine rings is 1. The number of benzene rings is 1. The Labute approximate surface area is 146 Å². The predicted octanol–water partition coefficient (Wildman–Crippen LogP) is 3.36. The molecular formula is C18H22N4OS. The van der Waals surface area contributed by atoms with Crippen molar-refractivity contribution in [1.82, 2.24) is 10.2 Å². The normalized spacial score (nSPS) is 15.3. The van der Waals surface area contributed by atoms with Gasteiger partial charge in [-0.1, -0.05) is 0 Å². The van der Waals surface area contributed by atoms with Crippen LogP contribution in [0.2, 0.25) is 0 Å². The Balaban J connectivity index is 1.53. The second-order valence-electron chi connectivity index (χ2n) is 6.01. The molecule has 0 aliphatic carbocycles. The molecule has 1 fully saturated rings. The molecule has 5 nitrogen and oxygen atoms in total. The number of hydrogen-bond donors (Lipinski definition) is 1. The molecule has 1 aromatic carbocycles. The first kappa shape index (κ1) is 16.8. The topological polar surface area (TPSA) is 58.1 Å². The SMILES string of the molecule is CSc1ccc(NC(=O)C2CCN(c3ccc(C)nn3)CC2)cc1. The van der Waals surface area contributed by atoms with Crippen LogP contribution in [0.3, 0.4) is 0 Å². The molecule has 1 aliphatic heterocycles. The smallest absolute Gasteiger partial charge is 0.227 e. The highest BCUT2D eigenvalue weighted by Crippen LogP contribution is 2.23. The number of rotatable bonds is 4. The Kier molecular flexibility index (Phi) is 5.35. The molecule has 0 radical (unpaired) electrons. The van der Waals surface area contributed by atoms with E-state index in [0.717, 1.165) is 43.1 Å². The zero-order valence-electron chi connectivity index (χ0n) is 14.0. The standard InChI is InChI=1S/C18H22N4OS/c1-13-3-8-17(21-20-13)22-11-9-14(10-12-22)18(23)19-15-4-6-16(24-2)7-5-15/h3-8,14H,9-12H2,1-2H3,(H,19,23). The number of carbonyl (C=O) groups is 1. The summed E-state index contributed by atoms with van der Waals surface area (Å²) in [7, 11) is 0. The number of thioether (sulfide) groups is 1. The van der Waals surface area contributed by atoms with Crippen molar-refractivity contribution < 1.29 is 4.79 Å². The minimum Gasteiger partial charge on any atom is -0.355 e. The third kappa shape index (κ3) is 4.06. The molecule has 0 atom stereocenters. The van der Waals surface area contributed by atoms with Gasteiger partial charge < -0.3 is 10.2 Å². The molecule has 0 spiro atoms. The predicted molar refractivity (Wildman–Crippen MR) is 98.6 cm³/mol. The van der Waals surface area contributed by atoms with E-state index in [0.29, 0.717) is 0 Å². The molecule has 0 saturated carbocycles. The summed E-state index contributed by atoms with van der Waals surface area (Å²) in [6, 6.07) is 11.9. The van der Waals surface area contributed by atoms with E-state index in [1.165, 1.54) is 4.90 Å². The van der Waals surface area contributed by atoms with Gasteiger partial charge in [-0.2, -0.15) is 5.10 Å². The lowest BCUT2D eigenvalue weighted by atomic mass is 9.96. The van der Waals surface area contributed by atoms with Gasteiger partial charge >= 0.3 is 0 Å². The third-order valence-corrected chi connectivity index (χ3v) is 5.07. The molecule has 2 heterocycles. The number of anilines is 2. The van der Waals surface area contributed by atoms with Crippen LogP contribution in [-0.2, 0) is 4.79 Å². The van der Waals surface area contributed by atoms with Crippen LogP contribution in [0.5, 0.6) is 0 Å². The number of nitrogens with zero attached hydrogens (tertiary/aromatic N) is 3. The molecule has 126 valence electrons.